The van der Waals surface area contributed by atoms with Crippen molar-refractivity contribution in [2.75, 3.05) is 0 Å². The van der Waals surface area contributed by atoms with E-state index in [1.165, 1.54) is 31.3 Å². The maximum absolute atomic E-state index is 2.42. The summed E-state index contributed by atoms with van der Waals surface area (Å²) >= 11 is 0. The number of rotatable bonds is 1. The van der Waals surface area contributed by atoms with Gasteiger partial charge in [0.25, 0.3) is 0 Å². The van der Waals surface area contributed by atoms with Gasteiger partial charge < -0.3 is 0 Å². The van der Waals surface area contributed by atoms with Crippen molar-refractivity contribution in [1.29, 1.82) is 0 Å². The van der Waals surface area contributed by atoms with E-state index < -0.39 is 0 Å². The second-order valence-electron chi connectivity index (χ2n) is 3.64. The summed E-state index contributed by atoms with van der Waals surface area (Å²) in [7, 11) is 0. The molecule has 0 heterocycles. The Morgan fingerprint density at radius 2 is 1.77 bits per heavy atom. The smallest absolute Gasteiger partial charge is 0.00917 e. The first-order chi connectivity index (χ1) is 6.47. The molecule has 68 valence electrons. The number of hydrogen-bond donors (Lipinski definition) is 0. The summed E-state index contributed by atoms with van der Waals surface area (Å²) in [6.45, 7) is 0. The van der Waals surface area contributed by atoms with Crippen LogP contribution in [0.2, 0.25) is 0 Å². The SMILES string of the molecule is C1=CCC(/C2=C/CC/C=C\CC2)=C1. The van der Waals surface area contributed by atoms with Gasteiger partial charge in [-0.2, -0.15) is 0 Å². The predicted octanol–water partition coefficient (Wildman–Crippen LogP) is 3.93. The van der Waals surface area contributed by atoms with Crippen molar-refractivity contribution in [1.82, 2.24) is 0 Å². The van der Waals surface area contributed by atoms with Gasteiger partial charge in [0.05, 0.1) is 0 Å². The molecule has 0 radical (unpaired) electrons. The molecule has 0 aliphatic heterocycles. The van der Waals surface area contributed by atoms with Crippen molar-refractivity contribution >= 4 is 0 Å². The molecule has 0 fully saturated rings. The summed E-state index contributed by atoms with van der Waals surface area (Å²) in [5.41, 5.74) is 3.12. The molecular formula is C13H16. The van der Waals surface area contributed by atoms with Gasteiger partial charge in [-0.1, -0.05) is 36.5 Å². The predicted molar refractivity (Wildman–Crippen MR) is 57.5 cm³/mol. The lowest BCUT2D eigenvalue weighted by molar-refractivity contribution is 0.910. The summed E-state index contributed by atoms with van der Waals surface area (Å²) < 4.78 is 0. The lowest BCUT2D eigenvalue weighted by Gasteiger charge is -2.09. The van der Waals surface area contributed by atoms with Gasteiger partial charge in [-0.05, 0) is 43.3 Å². The molecule has 0 atom stereocenters. The topological polar surface area (TPSA) is 0 Å². The van der Waals surface area contributed by atoms with Crippen LogP contribution in [-0.2, 0) is 0 Å². The molecule has 0 bridgehead atoms. The van der Waals surface area contributed by atoms with E-state index in [2.05, 4.69) is 36.5 Å². The zero-order chi connectivity index (χ0) is 8.93. The maximum Gasteiger partial charge on any atom is -0.00917 e. The van der Waals surface area contributed by atoms with Crippen molar-refractivity contribution in [3.63, 3.8) is 0 Å². The lowest BCUT2D eigenvalue weighted by Crippen LogP contribution is -1.89. The summed E-state index contributed by atoms with van der Waals surface area (Å²) in [6, 6.07) is 0. The Hall–Kier alpha value is -1.04. The van der Waals surface area contributed by atoms with E-state index in [1.54, 1.807) is 5.57 Å². The van der Waals surface area contributed by atoms with E-state index in [1.807, 2.05) is 0 Å². The summed E-state index contributed by atoms with van der Waals surface area (Å²) in [5.74, 6) is 0. The molecule has 2 rings (SSSR count). The summed E-state index contributed by atoms with van der Waals surface area (Å²) in [4.78, 5) is 0. The van der Waals surface area contributed by atoms with E-state index >= 15 is 0 Å². The molecule has 0 unspecified atom stereocenters. The van der Waals surface area contributed by atoms with Crippen molar-refractivity contribution in [2.24, 2.45) is 0 Å². The lowest BCUT2D eigenvalue weighted by atomic mass is 9.97. The Kier molecular flexibility index (Phi) is 2.81. The summed E-state index contributed by atoms with van der Waals surface area (Å²) in [6.07, 6.45) is 19.7. The Labute approximate surface area is 80.3 Å². The van der Waals surface area contributed by atoms with Crippen LogP contribution in [0, 0.1) is 0 Å². The average molecular weight is 172 g/mol. The van der Waals surface area contributed by atoms with Crippen LogP contribution < -0.4 is 0 Å². The van der Waals surface area contributed by atoms with Crippen molar-refractivity contribution in [2.45, 2.75) is 32.1 Å². The van der Waals surface area contributed by atoms with Crippen molar-refractivity contribution < 1.29 is 0 Å². The van der Waals surface area contributed by atoms with Gasteiger partial charge in [0.2, 0.25) is 0 Å². The van der Waals surface area contributed by atoms with Crippen molar-refractivity contribution in [3.05, 3.63) is 47.6 Å². The largest absolute Gasteiger partial charge is 0.0882 e. The molecule has 13 heavy (non-hydrogen) atoms. The van der Waals surface area contributed by atoms with Gasteiger partial charge in [0.1, 0.15) is 0 Å². The second-order valence-corrected chi connectivity index (χ2v) is 3.64. The van der Waals surface area contributed by atoms with Crippen LogP contribution in [0.5, 0.6) is 0 Å². The molecule has 0 aromatic rings. The standard InChI is InChI=1S/C13H16/c1-2-4-8-12(9-5-3-1)13-10-6-7-11-13/h1-2,6-7,9-10H,3-5,8,11H2/b2-1-,12-9+. The van der Waals surface area contributed by atoms with E-state index in [0.29, 0.717) is 0 Å². The first-order valence-electron chi connectivity index (χ1n) is 5.17. The average Bonchev–Trinajstić information content (AvgIpc) is 2.55. The Balaban J connectivity index is 2.04. The fourth-order valence-electron chi connectivity index (χ4n) is 1.91. The van der Waals surface area contributed by atoms with Gasteiger partial charge in [0, 0.05) is 0 Å². The molecule has 2 aliphatic rings. The number of allylic oxidation sites excluding steroid dienone is 8. The number of hydrogen-bond acceptors (Lipinski definition) is 0. The second kappa shape index (κ2) is 4.27. The van der Waals surface area contributed by atoms with Crippen LogP contribution >= 0.6 is 0 Å². The highest BCUT2D eigenvalue weighted by Crippen LogP contribution is 2.25. The van der Waals surface area contributed by atoms with Crippen LogP contribution in [0.4, 0.5) is 0 Å². The minimum absolute atomic E-state index is 1.15. The zero-order valence-electron chi connectivity index (χ0n) is 8.00. The molecule has 0 amide bonds. The third-order valence-electron chi connectivity index (χ3n) is 2.65. The Morgan fingerprint density at radius 3 is 2.62 bits per heavy atom. The molecule has 0 saturated carbocycles. The normalized spacial score (nSPS) is 28.6. The van der Waals surface area contributed by atoms with Crippen LogP contribution in [-0.4, -0.2) is 0 Å². The molecule has 2 aliphatic carbocycles. The highest BCUT2D eigenvalue weighted by molar-refractivity contribution is 5.39. The van der Waals surface area contributed by atoms with Crippen LogP contribution in [0.1, 0.15) is 32.1 Å². The molecule has 0 N–H and O–H groups in total. The van der Waals surface area contributed by atoms with Crippen LogP contribution in [0.25, 0.3) is 0 Å². The molecule has 0 saturated heterocycles. The van der Waals surface area contributed by atoms with Gasteiger partial charge in [-0.15, -0.1) is 0 Å². The summed E-state index contributed by atoms with van der Waals surface area (Å²) in [5, 5.41) is 0. The van der Waals surface area contributed by atoms with Gasteiger partial charge in [-0.25, -0.2) is 0 Å². The van der Waals surface area contributed by atoms with Crippen LogP contribution in [0.3, 0.4) is 0 Å². The molecule has 0 aromatic heterocycles. The zero-order valence-corrected chi connectivity index (χ0v) is 8.00. The van der Waals surface area contributed by atoms with E-state index in [-0.39, 0.29) is 0 Å². The van der Waals surface area contributed by atoms with E-state index in [0.717, 1.165) is 6.42 Å². The monoisotopic (exact) mass is 172 g/mol. The van der Waals surface area contributed by atoms with Gasteiger partial charge in [-0.3, -0.25) is 0 Å². The Bertz CT molecular complexity index is 287. The maximum atomic E-state index is 2.42. The third kappa shape index (κ3) is 2.21. The fraction of sp³-hybridized carbons (Fsp3) is 0.385. The highest BCUT2D eigenvalue weighted by Gasteiger charge is 2.06. The molecule has 0 nitrogen and oxygen atoms in total. The Morgan fingerprint density at radius 1 is 0.846 bits per heavy atom. The minimum atomic E-state index is 1.15. The van der Waals surface area contributed by atoms with Gasteiger partial charge >= 0.3 is 0 Å². The van der Waals surface area contributed by atoms with Gasteiger partial charge in [0.15, 0.2) is 0 Å². The van der Waals surface area contributed by atoms with Crippen molar-refractivity contribution in [3.8, 4) is 0 Å². The van der Waals surface area contributed by atoms with E-state index in [9.17, 15) is 0 Å². The molecule has 0 aromatic carbocycles. The van der Waals surface area contributed by atoms with Crippen LogP contribution in [0.15, 0.2) is 47.6 Å². The van der Waals surface area contributed by atoms with E-state index in [4.69, 9.17) is 0 Å². The molecule has 0 heteroatoms. The fourth-order valence-corrected chi connectivity index (χ4v) is 1.91. The molecular weight excluding hydrogens is 156 g/mol. The molecule has 0 spiro atoms. The minimum Gasteiger partial charge on any atom is -0.0882 e. The third-order valence-corrected chi connectivity index (χ3v) is 2.65. The highest BCUT2D eigenvalue weighted by atomic mass is 14.1. The quantitative estimate of drug-likeness (QED) is 0.526. The first-order valence-corrected chi connectivity index (χ1v) is 5.17. The first kappa shape index (κ1) is 8.55.